The van der Waals surface area contributed by atoms with Crippen LogP contribution < -0.4 is 0 Å². The number of likely N-dealkylation sites (tertiary alicyclic amines) is 1. The molecule has 104 valence electrons. The van der Waals surface area contributed by atoms with Crippen LogP contribution in [-0.4, -0.2) is 59.3 Å². The van der Waals surface area contributed by atoms with Gasteiger partial charge in [0.2, 0.25) is 5.91 Å². The Hall–Kier alpha value is -0.260. The van der Waals surface area contributed by atoms with E-state index in [4.69, 9.17) is 9.84 Å². The number of piperidine rings is 1. The molecule has 2 saturated heterocycles. The minimum absolute atomic E-state index is 0.0812. The molecule has 2 heterocycles. The molecule has 1 N–H and O–H groups in total. The first-order valence-corrected chi connectivity index (χ1v) is 7.99. The van der Waals surface area contributed by atoms with E-state index in [1.165, 1.54) is 12.8 Å². The van der Waals surface area contributed by atoms with Crippen molar-refractivity contribution in [3.05, 3.63) is 0 Å². The Morgan fingerprint density at radius 3 is 2.67 bits per heavy atom. The highest BCUT2D eigenvalue weighted by Crippen LogP contribution is 2.27. The Morgan fingerprint density at radius 1 is 1.28 bits per heavy atom. The lowest BCUT2D eigenvalue weighted by Gasteiger charge is -2.34. The van der Waals surface area contributed by atoms with Gasteiger partial charge in [-0.25, -0.2) is 0 Å². The molecule has 0 saturated carbocycles. The zero-order valence-electron chi connectivity index (χ0n) is 10.8. The second-order valence-corrected chi connectivity index (χ2v) is 6.28. The van der Waals surface area contributed by atoms with Gasteiger partial charge in [0.25, 0.3) is 0 Å². The molecule has 0 aromatic carbocycles. The molecule has 2 aliphatic heterocycles. The van der Waals surface area contributed by atoms with Gasteiger partial charge in [-0.05, 0) is 31.4 Å². The van der Waals surface area contributed by atoms with Crippen LogP contribution in [0, 0.1) is 0 Å². The Morgan fingerprint density at radius 2 is 2.06 bits per heavy atom. The van der Waals surface area contributed by atoms with Gasteiger partial charge in [0.15, 0.2) is 0 Å². The van der Waals surface area contributed by atoms with E-state index in [0.717, 1.165) is 38.1 Å². The summed E-state index contributed by atoms with van der Waals surface area (Å²) in [4.78, 5) is 14.3. The van der Waals surface area contributed by atoms with Crippen molar-refractivity contribution in [3.63, 3.8) is 0 Å². The molecule has 4 nitrogen and oxygen atoms in total. The summed E-state index contributed by atoms with van der Waals surface area (Å²) in [5.74, 6) is 1.47. The van der Waals surface area contributed by atoms with Gasteiger partial charge >= 0.3 is 0 Å². The summed E-state index contributed by atoms with van der Waals surface area (Å²) in [5, 5.41) is 8.92. The van der Waals surface area contributed by atoms with Crippen LogP contribution >= 0.6 is 11.8 Å². The third kappa shape index (κ3) is 3.87. The molecule has 0 spiro atoms. The van der Waals surface area contributed by atoms with Gasteiger partial charge in [0.05, 0.1) is 24.6 Å². The highest BCUT2D eigenvalue weighted by molar-refractivity contribution is 8.00. The van der Waals surface area contributed by atoms with Gasteiger partial charge in [-0.15, -0.1) is 11.8 Å². The largest absolute Gasteiger partial charge is 0.394 e. The zero-order valence-corrected chi connectivity index (χ0v) is 11.7. The molecule has 2 rings (SSSR count). The molecule has 0 aromatic heterocycles. The standard InChI is InChI=1S/C13H23NO3S/c15-8-9-17-11-4-6-14(7-5-11)13(16)12-3-1-2-10-18-12/h11-12,15H,1-10H2. The predicted octanol–water partition coefficient (Wildman–Crippen LogP) is 1.27. The van der Waals surface area contributed by atoms with Crippen LogP contribution in [-0.2, 0) is 9.53 Å². The first kappa shape index (κ1) is 14.2. The van der Waals surface area contributed by atoms with Crippen LogP contribution in [0.2, 0.25) is 0 Å². The van der Waals surface area contributed by atoms with Crippen LogP contribution in [0.25, 0.3) is 0 Å². The van der Waals surface area contributed by atoms with E-state index in [0.29, 0.717) is 12.5 Å². The maximum atomic E-state index is 12.3. The molecule has 2 aliphatic rings. The number of hydrogen-bond donors (Lipinski definition) is 1. The normalized spacial score (nSPS) is 26.3. The topological polar surface area (TPSA) is 49.8 Å². The lowest BCUT2D eigenvalue weighted by atomic mass is 10.1. The van der Waals surface area contributed by atoms with Crippen molar-refractivity contribution in [2.24, 2.45) is 0 Å². The molecular weight excluding hydrogens is 250 g/mol. The highest BCUT2D eigenvalue weighted by Gasteiger charge is 2.29. The second kappa shape index (κ2) is 7.36. The number of hydrogen-bond acceptors (Lipinski definition) is 4. The lowest BCUT2D eigenvalue weighted by Crippen LogP contribution is -2.45. The molecule has 1 amide bonds. The number of carbonyl (C=O) groups is 1. The molecule has 0 bridgehead atoms. The van der Waals surface area contributed by atoms with Gasteiger partial charge in [-0.1, -0.05) is 6.42 Å². The van der Waals surface area contributed by atoms with Crippen molar-refractivity contribution in [2.75, 3.05) is 32.1 Å². The summed E-state index contributed by atoms with van der Waals surface area (Å²) < 4.78 is 5.51. The Bertz CT molecular complexity index is 261. The van der Waals surface area contributed by atoms with Crippen molar-refractivity contribution in [3.8, 4) is 0 Å². The molecule has 1 unspecified atom stereocenters. The molecule has 1 atom stereocenters. The molecule has 5 heteroatoms. The number of carbonyl (C=O) groups excluding carboxylic acids is 1. The van der Waals surface area contributed by atoms with Crippen molar-refractivity contribution in [2.45, 2.75) is 43.5 Å². The first-order chi connectivity index (χ1) is 8.81. The highest BCUT2D eigenvalue weighted by atomic mass is 32.2. The lowest BCUT2D eigenvalue weighted by molar-refractivity contribution is -0.133. The third-order valence-electron chi connectivity index (χ3n) is 3.65. The fraction of sp³-hybridized carbons (Fsp3) is 0.923. The van der Waals surface area contributed by atoms with E-state index >= 15 is 0 Å². The second-order valence-electron chi connectivity index (χ2n) is 4.97. The SMILES string of the molecule is O=C(C1CCCCS1)N1CCC(OCCO)CC1. The van der Waals surface area contributed by atoms with Gasteiger partial charge in [-0.3, -0.25) is 4.79 Å². The van der Waals surface area contributed by atoms with Crippen LogP contribution in [0.15, 0.2) is 0 Å². The number of aliphatic hydroxyl groups excluding tert-OH is 1. The first-order valence-electron chi connectivity index (χ1n) is 6.94. The fourth-order valence-electron chi connectivity index (χ4n) is 2.60. The smallest absolute Gasteiger partial charge is 0.235 e. The average Bonchev–Trinajstić information content (AvgIpc) is 2.46. The number of rotatable bonds is 4. The minimum atomic E-state index is 0.0812. The molecule has 18 heavy (non-hydrogen) atoms. The average molecular weight is 273 g/mol. The number of thioether (sulfide) groups is 1. The summed E-state index contributed by atoms with van der Waals surface area (Å²) in [6.07, 6.45) is 5.53. The number of aliphatic hydroxyl groups is 1. The Labute approximate surface area is 113 Å². The predicted molar refractivity (Wildman–Crippen MR) is 72.7 cm³/mol. The summed E-state index contributed by atoms with van der Waals surface area (Å²) >= 11 is 1.82. The summed E-state index contributed by atoms with van der Waals surface area (Å²) in [7, 11) is 0. The summed E-state index contributed by atoms with van der Waals surface area (Å²) in [6, 6.07) is 0. The van der Waals surface area contributed by atoms with Gasteiger partial charge in [0, 0.05) is 13.1 Å². The minimum Gasteiger partial charge on any atom is -0.394 e. The van der Waals surface area contributed by atoms with E-state index in [1.807, 2.05) is 16.7 Å². The summed E-state index contributed by atoms with van der Waals surface area (Å²) in [5.41, 5.74) is 0. The molecule has 0 aromatic rings. The van der Waals surface area contributed by atoms with Crippen molar-refractivity contribution in [1.82, 2.24) is 4.90 Å². The van der Waals surface area contributed by atoms with Crippen molar-refractivity contribution >= 4 is 17.7 Å². The monoisotopic (exact) mass is 273 g/mol. The Kier molecular flexibility index (Phi) is 5.79. The number of nitrogens with zero attached hydrogens (tertiary/aromatic N) is 1. The quantitative estimate of drug-likeness (QED) is 0.838. The van der Waals surface area contributed by atoms with Gasteiger partial charge in [0.1, 0.15) is 0 Å². The van der Waals surface area contributed by atoms with Gasteiger partial charge in [-0.2, -0.15) is 0 Å². The number of amides is 1. The van der Waals surface area contributed by atoms with E-state index < -0.39 is 0 Å². The maximum absolute atomic E-state index is 12.3. The van der Waals surface area contributed by atoms with Crippen molar-refractivity contribution < 1.29 is 14.6 Å². The van der Waals surface area contributed by atoms with Crippen LogP contribution in [0.1, 0.15) is 32.1 Å². The molecule has 2 fully saturated rings. The van der Waals surface area contributed by atoms with E-state index in [-0.39, 0.29) is 18.0 Å². The van der Waals surface area contributed by atoms with Crippen molar-refractivity contribution in [1.29, 1.82) is 0 Å². The Balaban J connectivity index is 1.73. The zero-order chi connectivity index (χ0) is 12.8. The summed E-state index contributed by atoms with van der Waals surface area (Å²) in [6.45, 7) is 2.12. The van der Waals surface area contributed by atoms with Gasteiger partial charge < -0.3 is 14.7 Å². The molecule has 0 aliphatic carbocycles. The van der Waals surface area contributed by atoms with Crippen LogP contribution in [0.4, 0.5) is 0 Å². The van der Waals surface area contributed by atoms with E-state index in [2.05, 4.69) is 0 Å². The maximum Gasteiger partial charge on any atom is 0.235 e. The third-order valence-corrected chi connectivity index (χ3v) is 5.02. The van der Waals surface area contributed by atoms with Crippen LogP contribution in [0.3, 0.4) is 0 Å². The fourth-order valence-corrected chi connectivity index (χ4v) is 3.88. The molecular formula is C13H23NO3S. The molecule has 0 radical (unpaired) electrons. The van der Waals surface area contributed by atoms with E-state index in [1.54, 1.807) is 0 Å². The number of ether oxygens (including phenoxy) is 1. The van der Waals surface area contributed by atoms with Crippen LogP contribution in [0.5, 0.6) is 0 Å². The van der Waals surface area contributed by atoms with E-state index in [9.17, 15) is 4.79 Å².